The van der Waals surface area contributed by atoms with Gasteiger partial charge in [0.1, 0.15) is 5.75 Å². The van der Waals surface area contributed by atoms with Crippen molar-refractivity contribution in [1.82, 2.24) is 4.90 Å². The monoisotopic (exact) mass is 426 g/mol. The number of rotatable bonds is 6. The molecule has 2 aromatic rings. The highest BCUT2D eigenvalue weighted by atomic mass is 35.5. The molecule has 0 bridgehead atoms. The van der Waals surface area contributed by atoms with Crippen LogP contribution >= 0.6 is 23.4 Å². The molecule has 146 valence electrons. The lowest BCUT2D eigenvalue weighted by Gasteiger charge is -2.09. The number of carbonyl (C=O) groups is 3. The SMILES string of the molecule is C#CCN1C(=O)S/C(=C/c2ccc(OCC(=O)Nc3ccccc3)c(Cl)c2)C1=O. The zero-order valence-corrected chi connectivity index (χ0v) is 16.6. The molecule has 3 rings (SSSR count). The number of hydrogen-bond acceptors (Lipinski definition) is 5. The Morgan fingerprint density at radius 3 is 2.69 bits per heavy atom. The summed E-state index contributed by atoms with van der Waals surface area (Å²) in [4.78, 5) is 37.3. The lowest BCUT2D eigenvalue weighted by atomic mass is 10.2. The Bertz CT molecular complexity index is 1030. The maximum absolute atomic E-state index is 12.2. The average molecular weight is 427 g/mol. The lowest BCUT2D eigenvalue weighted by molar-refractivity contribution is -0.122. The smallest absolute Gasteiger partial charge is 0.294 e. The van der Waals surface area contributed by atoms with Crippen molar-refractivity contribution in [2.24, 2.45) is 0 Å². The topological polar surface area (TPSA) is 75.7 Å². The predicted molar refractivity (Wildman–Crippen MR) is 114 cm³/mol. The van der Waals surface area contributed by atoms with Gasteiger partial charge in [0.2, 0.25) is 0 Å². The number of amides is 3. The number of nitrogens with zero attached hydrogens (tertiary/aromatic N) is 1. The van der Waals surface area contributed by atoms with Gasteiger partial charge in [0.05, 0.1) is 16.5 Å². The van der Waals surface area contributed by atoms with E-state index >= 15 is 0 Å². The summed E-state index contributed by atoms with van der Waals surface area (Å²) in [5.74, 6) is 1.85. The standard InChI is InChI=1S/C21H15ClN2O4S/c1-2-10-24-20(26)18(29-21(24)27)12-14-8-9-17(16(22)11-14)28-13-19(25)23-15-6-4-3-5-7-15/h1,3-9,11-12H,10,13H2,(H,23,25)/b18-12+. The van der Waals surface area contributed by atoms with Crippen molar-refractivity contribution in [1.29, 1.82) is 0 Å². The normalized spacial score (nSPS) is 14.8. The predicted octanol–water partition coefficient (Wildman–Crippen LogP) is 4.03. The minimum absolute atomic E-state index is 0.0689. The van der Waals surface area contributed by atoms with Gasteiger partial charge < -0.3 is 10.1 Å². The third kappa shape index (κ3) is 5.19. The van der Waals surface area contributed by atoms with Crippen LogP contribution < -0.4 is 10.1 Å². The number of thioether (sulfide) groups is 1. The van der Waals surface area contributed by atoms with E-state index in [1.807, 2.05) is 18.2 Å². The quantitative estimate of drug-likeness (QED) is 0.557. The fourth-order valence-electron chi connectivity index (χ4n) is 2.46. The van der Waals surface area contributed by atoms with Crippen molar-refractivity contribution >= 4 is 52.2 Å². The molecule has 0 unspecified atom stereocenters. The van der Waals surface area contributed by atoms with Crippen LogP contribution in [0.15, 0.2) is 53.4 Å². The van der Waals surface area contributed by atoms with Gasteiger partial charge in [-0.1, -0.05) is 41.8 Å². The number of carbonyl (C=O) groups excluding carboxylic acids is 3. The second kappa shape index (κ2) is 9.32. The van der Waals surface area contributed by atoms with Gasteiger partial charge in [0.15, 0.2) is 6.61 Å². The van der Waals surface area contributed by atoms with Gasteiger partial charge in [-0.3, -0.25) is 19.3 Å². The Hall–Kier alpha value is -3.21. The van der Waals surface area contributed by atoms with Crippen LogP contribution in [0.5, 0.6) is 5.75 Å². The fourth-order valence-corrected chi connectivity index (χ4v) is 3.55. The van der Waals surface area contributed by atoms with Crippen LogP contribution in [0.3, 0.4) is 0 Å². The third-order valence-corrected chi connectivity index (χ3v) is 5.00. The molecular weight excluding hydrogens is 412 g/mol. The Balaban J connectivity index is 1.63. The van der Waals surface area contributed by atoms with Crippen LogP contribution in [0.25, 0.3) is 6.08 Å². The summed E-state index contributed by atoms with van der Waals surface area (Å²) in [6.45, 7) is -0.278. The van der Waals surface area contributed by atoms with Crippen molar-refractivity contribution in [3.63, 3.8) is 0 Å². The molecule has 6 nitrogen and oxygen atoms in total. The second-order valence-electron chi connectivity index (χ2n) is 5.86. The number of ether oxygens (including phenoxy) is 1. The van der Waals surface area contributed by atoms with Crippen molar-refractivity contribution < 1.29 is 19.1 Å². The van der Waals surface area contributed by atoms with E-state index in [1.165, 1.54) is 0 Å². The van der Waals surface area contributed by atoms with Crippen molar-refractivity contribution in [2.75, 3.05) is 18.5 Å². The molecule has 1 aliphatic heterocycles. The Morgan fingerprint density at radius 2 is 2.00 bits per heavy atom. The third-order valence-electron chi connectivity index (χ3n) is 3.79. The first-order chi connectivity index (χ1) is 14.0. The zero-order valence-electron chi connectivity index (χ0n) is 15.1. The van der Waals surface area contributed by atoms with Gasteiger partial charge in [-0.2, -0.15) is 0 Å². The summed E-state index contributed by atoms with van der Waals surface area (Å²) in [5.41, 5.74) is 1.28. The van der Waals surface area contributed by atoms with E-state index in [0.29, 0.717) is 17.0 Å². The Kier molecular flexibility index (Phi) is 6.60. The van der Waals surface area contributed by atoms with E-state index in [-0.39, 0.29) is 29.0 Å². The molecule has 0 aliphatic carbocycles. The molecule has 0 atom stereocenters. The number of benzene rings is 2. The lowest BCUT2D eigenvalue weighted by Crippen LogP contribution is -2.28. The summed E-state index contributed by atoms with van der Waals surface area (Å²) >= 11 is 7.04. The molecule has 1 fully saturated rings. The van der Waals surface area contributed by atoms with Crippen LogP contribution in [0, 0.1) is 12.3 Å². The maximum Gasteiger partial charge on any atom is 0.294 e. The van der Waals surface area contributed by atoms with E-state index in [2.05, 4.69) is 11.2 Å². The largest absolute Gasteiger partial charge is 0.482 e. The van der Waals surface area contributed by atoms with Gasteiger partial charge in [0.25, 0.3) is 17.1 Å². The van der Waals surface area contributed by atoms with E-state index in [9.17, 15) is 14.4 Å². The Labute approximate surface area is 176 Å². The molecule has 0 spiro atoms. The number of terminal acetylenes is 1. The number of hydrogen-bond donors (Lipinski definition) is 1. The first kappa shape index (κ1) is 20.5. The zero-order chi connectivity index (χ0) is 20.8. The second-order valence-corrected chi connectivity index (χ2v) is 7.27. The molecule has 8 heteroatoms. The van der Waals surface area contributed by atoms with Crippen LogP contribution in [-0.2, 0) is 9.59 Å². The highest BCUT2D eigenvalue weighted by Gasteiger charge is 2.34. The minimum atomic E-state index is -0.438. The highest BCUT2D eigenvalue weighted by molar-refractivity contribution is 8.18. The molecule has 0 aromatic heterocycles. The molecule has 0 radical (unpaired) electrons. The number of para-hydroxylation sites is 1. The summed E-state index contributed by atoms with van der Waals surface area (Å²) in [6, 6.07) is 13.9. The van der Waals surface area contributed by atoms with E-state index in [0.717, 1.165) is 16.7 Å². The fraction of sp³-hybridized carbons (Fsp3) is 0.0952. The van der Waals surface area contributed by atoms with Crippen LogP contribution in [0.2, 0.25) is 5.02 Å². The molecule has 0 saturated carbocycles. The van der Waals surface area contributed by atoms with Gasteiger partial charge >= 0.3 is 0 Å². The maximum atomic E-state index is 12.2. The Morgan fingerprint density at radius 1 is 1.24 bits per heavy atom. The molecule has 1 N–H and O–H groups in total. The van der Waals surface area contributed by atoms with Crippen LogP contribution in [0.1, 0.15) is 5.56 Å². The number of halogens is 1. The van der Waals surface area contributed by atoms with Gasteiger partial charge in [-0.15, -0.1) is 6.42 Å². The highest BCUT2D eigenvalue weighted by Crippen LogP contribution is 2.33. The van der Waals surface area contributed by atoms with Crippen LogP contribution in [-0.4, -0.2) is 35.1 Å². The molecule has 1 aliphatic rings. The average Bonchev–Trinajstić information content (AvgIpc) is 2.96. The first-order valence-corrected chi connectivity index (χ1v) is 9.63. The first-order valence-electron chi connectivity index (χ1n) is 8.44. The van der Waals surface area contributed by atoms with Crippen molar-refractivity contribution in [3.8, 4) is 18.1 Å². The molecule has 3 amide bonds. The van der Waals surface area contributed by atoms with Gasteiger partial charge in [-0.05, 0) is 47.7 Å². The van der Waals surface area contributed by atoms with Gasteiger partial charge in [-0.25, -0.2) is 0 Å². The van der Waals surface area contributed by atoms with Gasteiger partial charge in [0, 0.05) is 5.69 Å². The van der Waals surface area contributed by atoms with Crippen molar-refractivity contribution in [2.45, 2.75) is 0 Å². The summed E-state index contributed by atoms with van der Waals surface area (Å²) in [6.07, 6.45) is 6.73. The van der Waals surface area contributed by atoms with E-state index in [1.54, 1.807) is 36.4 Å². The number of anilines is 1. The number of imide groups is 1. The summed E-state index contributed by atoms with van der Waals surface area (Å²) in [5, 5.41) is 2.57. The van der Waals surface area contributed by atoms with E-state index in [4.69, 9.17) is 22.8 Å². The minimum Gasteiger partial charge on any atom is -0.482 e. The van der Waals surface area contributed by atoms with Crippen LogP contribution in [0.4, 0.5) is 10.5 Å². The molecule has 29 heavy (non-hydrogen) atoms. The molecule has 1 heterocycles. The summed E-state index contributed by atoms with van der Waals surface area (Å²) < 4.78 is 5.46. The summed E-state index contributed by atoms with van der Waals surface area (Å²) in [7, 11) is 0. The molecular formula is C21H15ClN2O4S. The van der Waals surface area contributed by atoms with E-state index < -0.39 is 11.1 Å². The molecule has 2 aromatic carbocycles. The number of nitrogens with one attached hydrogen (secondary N) is 1. The molecule has 1 saturated heterocycles. The van der Waals surface area contributed by atoms with Crippen molar-refractivity contribution in [3.05, 3.63) is 64.0 Å².